The smallest absolute Gasteiger partial charge is 0.161 e. The number of fused-ring (bicyclic) bond motifs is 1. The molecule has 1 atom stereocenters. The molecule has 1 aliphatic rings. The summed E-state index contributed by atoms with van der Waals surface area (Å²) in [4.78, 5) is 0. The van der Waals surface area contributed by atoms with Crippen molar-refractivity contribution in [1.29, 1.82) is 0 Å². The van der Waals surface area contributed by atoms with Crippen LogP contribution in [0.1, 0.15) is 22.7 Å². The minimum absolute atomic E-state index is 0.230. The molecule has 2 N–H and O–H groups in total. The third-order valence-electron chi connectivity index (χ3n) is 3.54. The first kappa shape index (κ1) is 14.9. The van der Waals surface area contributed by atoms with Crippen LogP contribution in [0.25, 0.3) is 0 Å². The molecule has 0 aliphatic carbocycles. The van der Waals surface area contributed by atoms with E-state index in [1.165, 1.54) is 5.56 Å². The van der Waals surface area contributed by atoms with Crippen molar-refractivity contribution in [2.24, 2.45) is 5.73 Å². The Bertz CT molecular complexity index is 688. The quantitative estimate of drug-likeness (QED) is 0.797. The molecular weight excluding hydrogens is 398 g/mol. The lowest BCUT2D eigenvalue weighted by Crippen LogP contribution is -2.17. The fourth-order valence-electron chi connectivity index (χ4n) is 2.33. The molecule has 0 fully saturated rings. The lowest BCUT2D eigenvalue weighted by Gasteiger charge is -2.21. The first-order valence-electron chi connectivity index (χ1n) is 6.67. The van der Waals surface area contributed by atoms with Crippen molar-refractivity contribution in [2.45, 2.75) is 13.0 Å². The Morgan fingerprint density at radius 1 is 1.00 bits per heavy atom. The van der Waals surface area contributed by atoms with Crippen LogP contribution >= 0.6 is 31.9 Å². The Morgan fingerprint density at radius 2 is 1.71 bits per heavy atom. The number of benzene rings is 2. The standard InChI is InChI=1S/C16H15Br2NO2/c1-9-6-13(18)11(8-12(9)17)16(19)10-2-3-14-15(7-10)21-5-4-20-14/h2-3,6-8,16H,4-5,19H2,1H3. The first-order valence-corrected chi connectivity index (χ1v) is 8.25. The fourth-order valence-corrected chi connectivity index (χ4v) is 3.40. The second-order valence-electron chi connectivity index (χ2n) is 5.00. The van der Waals surface area contributed by atoms with E-state index in [9.17, 15) is 0 Å². The maximum Gasteiger partial charge on any atom is 0.161 e. The van der Waals surface area contributed by atoms with E-state index in [4.69, 9.17) is 15.2 Å². The highest BCUT2D eigenvalue weighted by Gasteiger charge is 2.18. The van der Waals surface area contributed by atoms with Crippen molar-refractivity contribution in [2.75, 3.05) is 13.2 Å². The highest BCUT2D eigenvalue weighted by atomic mass is 79.9. The summed E-state index contributed by atoms with van der Waals surface area (Å²) in [6.07, 6.45) is 0. The molecule has 1 aliphatic heterocycles. The SMILES string of the molecule is Cc1cc(Br)c(C(N)c2ccc3c(c2)OCCO3)cc1Br. The number of aryl methyl sites for hydroxylation is 1. The third kappa shape index (κ3) is 2.96. The molecule has 21 heavy (non-hydrogen) atoms. The van der Waals surface area contributed by atoms with Crippen molar-refractivity contribution in [3.63, 3.8) is 0 Å². The molecule has 3 nitrogen and oxygen atoms in total. The van der Waals surface area contributed by atoms with Crippen LogP contribution in [-0.4, -0.2) is 13.2 Å². The van der Waals surface area contributed by atoms with Gasteiger partial charge in [-0.1, -0.05) is 37.9 Å². The van der Waals surface area contributed by atoms with Gasteiger partial charge in [0.1, 0.15) is 13.2 Å². The highest BCUT2D eigenvalue weighted by Crippen LogP contribution is 2.36. The van der Waals surface area contributed by atoms with Crippen LogP contribution < -0.4 is 15.2 Å². The lowest BCUT2D eigenvalue weighted by molar-refractivity contribution is 0.171. The summed E-state index contributed by atoms with van der Waals surface area (Å²) in [6.45, 7) is 3.22. The van der Waals surface area contributed by atoms with Crippen molar-refractivity contribution in [3.8, 4) is 11.5 Å². The van der Waals surface area contributed by atoms with E-state index in [0.29, 0.717) is 13.2 Å². The topological polar surface area (TPSA) is 44.5 Å². The first-order chi connectivity index (χ1) is 10.1. The van der Waals surface area contributed by atoms with Crippen molar-refractivity contribution in [3.05, 3.63) is 56.0 Å². The number of nitrogens with two attached hydrogens (primary N) is 1. The van der Waals surface area contributed by atoms with Crippen LogP contribution in [0.15, 0.2) is 39.3 Å². The Kier molecular flexibility index (Phi) is 4.24. The van der Waals surface area contributed by atoms with Gasteiger partial charge in [-0.15, -0.1) is 0 Å². The third-order valence-corrected chi connectivity index (χ3v) is 5.08. The molecule has 110 valence electrons. The predicted octanol–water partition coefficient (Wildman–Crippen LogP) is 4.34. The Labute approximate surface area is 140 Å². The number of rotatable bonds is 2. The summed E-state index contributed by atoms with van der Waals surface area (Å²) < 4.78 is 13.2. The van der Waals surface area contributed by atoms with Gasteiger partial charge in [-0.3, -0.25) is 0 Å². The van der Waals surface area contributed by atoms with Crippen LogP contribution in [-0.2, 0) is 0 Å². The largest absolute Gasteiger partial charge is 0.486 e. The molecule has 0 saturated carbocycles. The summed E-state index contributed by atoms with van der Waals surface area (Å²) in [5.74, 6) is 1.54. The maximum absolute atomic E-state index is 6.42. The van der Waals surface area contributed by atoms with E-state index < -0.39 is 0 Å². The molecule has 0 aromatic heterocycles. The van der Waals surface area contributed by atoms with Gasteiger partial charge < -0.3 is 15.2 Å². The number of ether oxygens (including phenoxy) is 2. The minimum atomic E-state index is -0.230. The predicted molar refractivity (Wildman–Crippen MR) is 90.0 cm³/mol. The van der Waals surface area contributed by atoms with Gasteiger partial charge in [0.25, 0.3) is 0 Å². The molecule has 0 bridgehead atoms. The molecule has 3 rings (SSSR count). The van der Waals surface area contributed by atoms with E-state index in [1.807, 2.05) is 25.1 Å². The summed E-state index contributed by atoms with van der Waals surface area (Å²) in [7, 11) is 0. The molecule has 0 spiro atoms. The van der Waals surface area contributed by atoms with E-state index in [0.717, 1.165) is 31.6 Å². The lowest BCUT2D eigenvalue weighted by atomic mass is 9.98. The molecule has 1 unspecified atom stereocenters. The van der Waals surface area contributed by atoms with Crippen LogP contribution in [0.2, 0.25) is 0 Å². The van der Waals surface area contributed by atoms with E-state index in [2.05, 4.69) is 44.0 Å². The summed E-state index contributed by atoms with van der Waals surface area (Å²) in [5, 5.41) is 0. The van der Waals surface area contributed by atoms with Gasteiger partial charge >= 0.3 is 0 Å². The van der Waals surface area contributed by atoms with Crippen molar-refractivity contribution >= 4 is 31.9 Å². The second-order valence-corrected chi connectivity index (χ2v) is 6.71. The minimum Gasteiger partial charge on any atom is -0.486 e. The van der Waals surface area contributed by atoms with Gasteiger partial charge in [-0.2, -0.15) is 0 Å². The molecule has 0 saturated heterocycles. The Hall–Kier alpha value is -1.04. The normalized spacial score (nSPS) is 14.9. The van der Waals surface area contributed by atoms with Crippen LogP contribution in [0.3, 0.4) is 0 Å². The van der Waals surface area contributed by atoms with Crippen molar-refractivity contribution in [1.82, 2.24) is 0 Å². The van der Waals surface area contributed by atoms with Gasteiger partial charge in [0.15, 0.2) is 11.5 Å². The van der Waals surface area contributed by atoms with E-state index in [1.54, 1.807) is 0 Å². The molecule has 2 aromatic rings. The number of hydrogen-bond acceptors (Lipinski definition) is 3. The molecule has 5 heteroatoms. The van der Waals surface area contributed by atoms with E-state index in [-0.39, 0.29) is 6.04 Å². The zero-order chi connectivity index (χ0) is 15.0. The fraction of sp³-hybridized carbons (Fsp3) is 0.250. The van der Waals surface area contributed by atoms with Gasteiger partial charge in [-0.05, 0) is 47.9 Å². The van der Waals surface area contributed by atoms with Gasteiger partial charge in [-0.25, -0.2) is 0 Å². The second kappa shape index (κ2) is 5.99. The monoisotopic (exact) mass is 411 g/mol. The summed E-state index contributed by atoms with van der Waals surface area (Å²) >= 11 is 7.16. The van der Waals surface area contributed by atoms with Gasteiger partial charge in [0, 0.05) is 8.95 Å². The van der Waals surface area contributed by atoms with Gasteiger partial charge in [0.2, 0.25) is 0 Å². The number of halogens is 2. The Morgan fingerprint density at radius 3 is 2.48 bits per heavy atom. The molecular formula is C16H15Br2NO2. The van der Waals surface area contributed by atoms with Gasteiger partial charge in [0.05, 0.1) is 6.04 Å². The molecule has 0 amide bonds. The van der Waals surface area contributed by atoms with Crippen LogP contribution in [0.5, 0.6) is 11.5 Å². The van der Waals surface area contributed by atoms with Crippen molar-refractivity contribution < 1.29 is 9.47 Å². The highest BCUT2D eigenvalue weighted by molar-refractivity contribution is 9.11. The molecule has 0 radical (unpaired) electrons. The van der Waals surface area contributed by atoms with Crippen LogP contribution in [0.4, 0.5) is 0 Å². The average Bonchev–Trinajstić information content (AvgIpc) is 2.50. The zero-order valence-electron chi connectivity index (χ0n) is 11.5. The maximum atomic E-state index is 6.42. The number of hydrogen-bond donors (Lipinski definition) is 1. The molecule has 2 aromatic carbocycles. The Balaban J connectivity index is 1.98. The summed E-state index contributed by atoms with van der Waals surface area (Å²) in [5.41, 5.74) is 9.62. The summed E-state index contributed by atoms with van der Waals surface area (Å²) in [6, 6.07) is 9.75. The van der Waals surface area contributed by atoms with E-state index >= 15 is 0 Å². The molecule has 1 heterocycles. The zero-order valence-corrected chi connectivity index (χ0v) is 14.7. The average molecular weight is 413 g/mol. The van der Waals surface area contributed by atoms with Crippen LogP contribution in [0, 0.1) is 6.92 Å².